The summed E-state index contributed by atoms with van der Waals surface area (Å²) in [6.45, 7) is 1.68. The minimum Gasteiger partial charge on any atom is -0.493 e. The molecule has 0 unspecified atom stereocenters. The van der Waals surface area contributed by atoms with E-state index in [0.717, 1.165) is 43.7 Å². The van der Waals surface area contributed by atoms with Gasteiger partial charge in [0.05, 0.1) is 33.7 Å². The third-order valence-electron chi connectivity index (χ3n) is 3.33. The number of quaternary nitrogens is 1. The average molecular weight is 248 g/mol. The Morgan fingerprint density at radius 1 is 1.33 bits per heavy atom. The Morgan fingerprint density at radius 3 is 2.94 bits per heavy atom. The predicted octanol–water partition coefficient (Wildman–Crippen LogP) is 1.12. The molecule has 3 heteroatoms. The zero-order valence-corrected chi connectivity index (χ0v) is 11.3. The Morgan fingerprint density at radius 2 is 2.17 bits per heavy atom. The number of fused-ring (bicyclic) bond motifs is 1. The lowest BCUT2D eigenvalue weighted by Gasteiger charge is -2.10. The SMILES string of the molecule is C[NH+](C)CCC(=O)c1ccc2c(c1)CCCCO2. The smallest absolute Gasteiger partial charge is 0.168 e. The highest BCUT2D eigenvalue weighted by molar-refractivity contribution is 5.96. The second-order valence-electron chi connectivity index (χ2n) is 5.26. The molecule has 0 aliphatic carbocycles. The van der Waals surface area contributed by atoms with E-state index in [2.05, 4.69) is 14.1 Å². The van der Waals surface area contributed by atoms with Crippen LogP contribution in [0.5, 0.6) is 5.75 Å². The Hall–Kier alpha value is -1.35. The fourth-order valence-corrected chi connectivity index (χ4v) is 2.20. The number of Topliss-reactive ketones (excluding diaryl/α,β-unsaturated/α-hetero) is 1. The van der Waals surface area contributed by atoms with Gasteiger partial charge in [0.2, 0.25) is 0 Å². The monoisotopic (exact) mass is 248 g/mol. The molecule has 1 aliphatic rings. The van der Waals surface area contributed by atoms with Gasteiger partial charge in [0.25, 0.3) is 0 Å². The van der Waals surface area contributed by atoms with E-state index in [9.17, 15) is 4.79 Å². The van der Waals surface area contributed by atoms with E-state index in [0.29, 0.717) is 6.42 Å². The summed E-state index contributed by atoms with van der Waals surface area (Å²) in [7, 11) is 4.14. The van der Waals surface area contributed by atoms with E-state index in [1.807, 2.05) is 18.2 Å². The summed E-state index contributed by atoms with van der Waals surface area (Å²) in [5.41, 5.74) is 2.02. The summed E-state index contributed by atoms with van der Waals surface area (Å²) in [5, 5.41) is 0. The summed E-state index contributed by atoms with van der Waals surface area (Å²) in [6.07, 6.45) is 3.88. The third kappa shape index (κ3) is 3.33. The topological polar surface area (TPSA) is 30.7 Å². The molecule has 0 radical (unpaired) electrons. The molecule has 1 N–H and O–H groups in total. The van der Waals surface area contributed by atoms with Gasteiger partial charge in [0.15, 0.2) is 5.78 Å². The molecule has 0 amide bonds. The van der Waals surface area contributed by atoms with Crippen LogP contribution in [-0.4, -0.2) is 33.0 Å². The number of rotatable bonds is 4. The van der Waals surface area contributed by atoms with E-state index < -0.39 is 0 Å². The van der Waals surface area contributed by atoms with Crippen molar-refractivity contribution in [3.63, 3.8) is 0 Å². The van der Waals surface area contributed by atoms with Crippen LogP contribution in [0.25, 0.3) is 0 Å². The molecule has 98 valence electrons. The number of benzene rings is 1. The van der Waals surface area contributed by atoms with Crippen LogP contribution in [0.15, 0.2) is 18.2 Å². The van der Waals surface area contributed by atoms with Gasteiger partial charge < -0.3 is 9.64 Å². The standard InChI is InChI=1S/C15H21NO2/c1-16(2)9-8-14(17)12-6-7-15-13(11-12)5-3-4-10-18-15/h6-7,11H,3-5,8-10H2,1-2H3/p+1. The van der Waals surface area contributed by atoms with Crippen molar-refractivity contribution in [3.8, 4) is 5.75 Å². The minimum absolute atomic E-state index is 0.239. The molecule has 0 saturated carbocycles. The maximum Gasteiger partial charge on any atom is 0.168 e. The van der Waals surface area contributed by atoms with Crippen molar-refractivity contribution >= 4 is 5.78 Å². The van der Waals surface area contributed by atoms with Crippen LogP contribution < -0.4 is 9.64 Å². The van der Waals surface area contributed by atoms with Crippen molar-refractivity contribution in [2.45, 2.75) is 25.7 Å². The van der Waals surface area contributed by atoms with Gasteiger partial charge in [-0.1, -0.05) is 0 Å². The molecule has 1 heterocycles. The van der Waals surface area contributed by atoms with Gasteiger partial charge in [-0.2, -0.15) is 0 Å². The van der Waals surface area contributed by atoms with E-state index in [1.54, 1.807) is 0 Å². The molecule has 0 spiro atoms. The van der Waals surface area contributed by atoms with Crippen molar-refractivity contribution < 1.29 is 14.4 Å². The van der Waals surface area contributed by atoms with Gasteiger partial charge in [0, 0.05) is 5.56 Å². The molecule has 0 saturated heterocycles. The quantitative estimate of drug-likeness (QED) is 0.810. The largest absolute Gasteiger partial charge is 0.493 e. The molecular weight excluding hydrogens is 226 g/mol. The summed E-state index contributed by atoms with van der Waals surface area (Å²) < 4.78 is 5.67. The predicted molar refractivity (Wildman–Crippen MR) is 71.5 cm³/mol. The van der Waals surface area contributed by atoms with Crippen molar-refractivity contribution in [1.82, 2.24) is 0 Å². The number of hydrogen-bond acceptors (Lipinski definition) is 2. The molecule has 2 rings (SSSR count). The highest BCUT2D eigenvalue weighted by atomic mass is 16.5. The van der Waals surface area contributed by atoms with E-state index in [1.165, 1.54) is 10.5 Å². The van der Waals surface area contributed by atoms with Crippen LogP contribution in [0.3, 0.4) is 0 Å². The van der Waals surface area contributed by atoms with E-state index >= 15 is 0 Å². The molecule has 0 aromatic heterocycles. The molecule has 3 nitrogen and oxygen atoms in total. The fourth-order valence-electron chi connectivity index (χ4n) is 2.20. The Balaban J connectivity index is 2.10. The van der Waals surface area contributed by atoms with Gasteiger partial charge >= 0.3 is 0 Å². The number of ketones is 1. The van der Waals surface area contributed by atoms with Crippen LogP contribution in [0, 0.1) is 0 Å². The van der Waals surface area contributed by atoms with Gasteiger partial charge in [0.1, 0.15) is 5.75 Å². The summed E-state index contributed by atoms with van der Waals surface area (Å²) in [4.78, 5) is 13.4. The van der Waals surface area contributed by atoms with Gasteiger partial charge in [-0.25, -0.2) is 0 Å². The lowest BCUT2D eigenvalue weighted by Crippen LogP contribution is -3.05. The normalized spacial score (nSPS) is 14.8. The zero-order valence-electron chi connectivity index (χ0n) is 11.3. The van der Waals surface area contributed by atoms with Crippen LogP contribution in [0.4, 0.5) is 0 Å². The highest BCUT2D eigenvalue weighted by Gasteiger charge is 2.13. The number of aryl methyl sites for hydroxylation is 1. The molecule has 1 aliphatic heterocycles. The number of hydrogen-bond donors (Lipinski definition) is 1. The second-order valence-corrected chi connectivity index (χ2v) is 5.26. The summed E-state index contributed by atoms with van der Waals surface area (Å²) in [6, 6.07) is 5.88. The Labute approximate surface area is 109 Å². The summed E-state index contributed by atoms with van der Waals surface area (Å²) in [5.74, 6) is 1.20. The third-order valence-corrected chi connectivity index (χ3v) is 3.33. The van der Waals surface area contributed by atoms with E-state index in [-0.39, 0.29) is 5.78 Å². The molecular formula is C15H22NO2+. The molecule has 18 heavy (non-hydrogen) atoms. The zero-order chi connectivity index (χ0) is 13.0. The first-order chi connectivity index (χ1) is 8.66. The molecule has 1 aromatic carbocycles. The first kappa shape index (κ1) is 13.1. The number of nitrogens with one attached hydrogen (secondary N) is 1. The Bertz CT molecular complexity index is 427. The van der Waals surface area contributed by atoms with Crippen molar-refractivity contribution in [2.24, 2.45) is 0 Å². The minimum atomic E-state index is 0.239. The Kier molecular flexibility index (Phi) is 4.37. The van der Waals surface area contributed by atoms with Gasteiger partial charge in [-0.15, -0.1) is 0 Å². The lowest BCUT2D eigenvalue weighted by molar-refractivity contribution is -0.857. The number of carbonyl (C=O) groups excluding carboxylic acids is 1. The van der Waals surface area contributed by atoms with Crippen LogP contribution in [0.1, 0.15) is 35.2 Å². The van der Waals surface area contributed by atoms with Crippen molar-refractivity contribution in [2.75, 3.05) is 27.2 Å². The van der Waals surface area contributed by atoms with Crippen LogP contribution in [-0.2, 0) is 6.42 Å². The fraction of sp³-hybridized carbons (Fsp3) is 0.533. The van der Waals surface area contributed by atoms with Crippen molar-refractivity contribution in [1.29, 1.82) is 0 Å². The lowest BCUT2D eigenvalue weighted by atomic mass is 10.0. The van der Waals surface area contributed by atoms with Crippen LogP contribution >= 0.6 is 0 Å². The maximum absolute atomic E-state index is 12.1. The number of carbonyl (C=O) groups is 1. The molecule has 0 bridgehead atoms. The number of ether oxygens (including phenoxy) is 1. The van der Waals surface area contributed by atoms with Crippen LogP contribution in [0.2, 0.25) is 0 Å². The first-order valence-electron chi connectivity index (χ1n) is 6.75. The highest BCUT2D eigenvalue weighted by Crippen LogP contribution is 2.25. The van der Waals surface area contributed by atoms with Gasteiger partial charge in [-0.05, 0) is 43.0 Å². The van der Waals surface area contributed by atoms with Gasteiger partial charge in [-0.3, -0.25) is 4.79 Å². The first-order valence-corrected chi connectivity index (χ1v) is 6.75. The summed E-state index contributed by atoms with van der Waals surface area (Å²) >= 11 is 0. The molecule has 0 fully saturated rings. The molecule has 0 atom stereocenters. The maximum atomic E-state index is 12.1. The van der Waals surface area contributed by atoms with E-state index in [4.69, 9.17) is 4.74 Å². The average Bonchev–Trinajstić information content (AvgIpc) is 2.60. The van der Waals surface area contributed by atoms with Crippen molar-refractivity contribution in [3.05, 3.63) is 29.3 Å². The second kappa shape index (κ2) is 6.01. The molecule has 1 aromatic rings.